The molecule has 3 aromatic rings. The van der Waals surface area contributed by atoms with E-state index >= 15 is 0 Å². The third-order valence-corrected chi connectivity index (χ3v) is 4.77. The SMILES string of the molecule is O=C(c1ccccc1)N1CCC[C@H]1c1cccnc1Nc1ccccc1. The van der Waals surface area contributed by atoms with E-state index in [4.69, 9.17) is 0 Å². The monoisotopic (exact) mass is 343 g/mol. The smallest absolute Gasteiger partial charge is 0.254 e. The number of hydrogen-bond donors (Lipinski definition) is 1. The maximum absolute atomic E-state index is 13.0. The number of aromatic nitrogens is 1. The molecule has 0 spiro atoms. The Bertz CT molecular complexity index is 880. The Labute approximate surface area is 153 Å². The molecule has 26 heavy (non-hydrogen) atoms. The Morgan fingerprint density at radius 3 is 2.46 bits per heavy atom. The molecule has 0 radical (unpaired) electrons. The first-order valence-electron chi connectivity index (χ1n) is 8.96. The molecule has 0 bridgehead atoms. The van der Waals surface area contributed by atoms with Crippen LogP contribution in [-0.2, 0) is 0 Å². The van der Waals surface area contributed by atoms with Crippen molar-refractivity contribution in [3.05, 3.63) is 90.1 Å². The predicted molar refractivity (Wildman–Crippen MR) is 103 cm³/mol. The maximum Gasteiger partial charge on any atom is 0.254 e. The minimum Gasteiger partial charge on any atom is -0.340 e. The second-order valence-corrected chi connectivity index (χ2v) is 6.45. The van der Waals surface area contributed by atoms with Crippen molar-refractivity contribution >= 4 is 17.4 Å². The average molecular weight is 343 g/mol. The van der Waals surface area contributed by atoms with Crippen molar-refractivity contribution in [2.45, 2.75) is 18.9 Å². The minimum atomic E-state index is 0.0441. The molecule has 0 saturated carbocycles. The van der Waals surface area contributed by atoms with Crippen LogP contribution in [0.5, 0.6) is 0 Å². The van der Waals surface area contributed by atoms with Gasteiger partial charge in [0.1, 0.15) is 5.82 Å². The fraction of sp³-hybridized carbons (Fsp3) is 0.182. The van der Waals surface area contributed by atoms with E-state index in [2.05, 4.69) is 16.4 Å². The van der Waals surface area contributed by atoms with Crippen LogP contribution in [0, 0.1) is 0 Å². The topological polar surface area (TPSA) is 45.2 Å². The van der Waals surface area contributed by atoms with Gasteiger partial charge in [0.2, 0.25) is 0 Å². The summed E-state index contributed by atoms with van der Waals surface area (Å²) in [7, 11) is 0. The second kappa shape index (κ2) is 7.40. The van der Waals surface area contributed by atoms with E-state index < -0.39 is 0 Å². The highest BCUT2D eigenvalue weighted by Crippen LogP contribution is 2.36. The van der Waals surface area contributed by atoms with Gasteiger partial charge in [0.25, 0.3) is 5.91 Å². The molecule has 130 valence electrons. The van der Waals surface area contributed by atoms with Crippen LogP contribution >= 0.6 is 0 Å². The Hall–Kier alpha value is -3.14. The summed E-state index contributed by atoms with van der Waals surface area (Å²) in [5.41, 5.74) is 2.80. The molecule has 1 N–H and O–H groups in total. The highest BCUT2D eigenvalue weighted by molar-refractivity contribution is 5.94. The van der Waals surface area contributed by atoms with Crippen molar-refractivity contribution in [3.8, 4) is 0 Å². The number of rotatable bonds is 4. The molecule has 4 heteroatoms. The normalized spacial score (nSPS) is 16.5. The minimum absolute atomic E-state index is 0.0441. The number of nitrogens with zero attached hydrogens (tertiary/aromatic N) is 2. The zero-order valence-electron chi connectivity index (χ0n) is 14.5. The molecule has 1 fully saturated rings. The lowest BCUT2D eigenvalue weighted by Gasteiger charge is -2.26. The van der Waals surface area contributed by atoms with Crippen molar-refractivity contribution in [2.75, 3.05) is 11.9 Å². The van der Waals surface area contributed by atoms with Crippen LogP contribution in [0.1, 0.15) is 34.8 Å². The molecule has 2 aromatic carbocycles. The Morgan fingerprint density at radius 1 is 0.962 bits per heavy atom. The van der Waals surface area contributed by atoms with Gasteiger partial charge in [0.05, 0.1) is 6.04 Å². The summed E-state index contributed by atoms with van der Waals surface area (Å²) >= 11 is 0. The first kappa shape index (κ1) is 16.3. The van der Waals surface area contributed by atoms with Gasteiger partial charge in [-0.1, -0.05) is 42.5 Å². The number of anilines is 2. The largest absolute Gasteiger partial charge is 0.340 e. The van der Waals surface area contributed by atoms with Crippen LogP contribution in [0.15, 0.2) is 79.0 Å². The quantitative estimate of drug-likeness (QED) is 0.740. The highest BCUT2D eigenvalue weighted by Gasteiger charge is 2.32. The molecular weight excluding hydrogens is 322 g/mol. The lowest BCUT2D eigenvalue weighted by atomic mass is 10.0. The zero-order chi connectivity index (χ0) is 17.8. The van der Waals surface area contributed by atoms with E-state index in [1.807, 2.05) is 71.6 Å². The first-order chi connectivity index (χ1) is 12.8. The summed E-state index contributed by atoms with van der Waals surface area (Å²) in [6.07, 6.45) is 3.74. The number of carbonyl (C=O) groups excluding carboxylic acids is 1. The summed E-state index contributed by atoms with van der Waals surface area (Å²) in [5, 5.41) is 3.40. The summed E-state index contributed by atoms with van der Waals surface area (Å²) in [6.45, 7) is 0.776. The summed E-state index contributed by atoms with van der Waals surface area (Å²) in [5.74, 6) is 0.902. The molecule has 1 amide bonds. The highest BCUT2D eigenvalue weighted by atomic mass is 16.2. The number of carbonyl (C=O) groups is 1. The molecule has 2 heterocycles. The van der Waals surface area contributed by atoms with Crippen molar-refractivity contribution in [3.63, 3.8) is 0 Å². The average Bonchev–Trinajstić information content (AvgIpc) is 3.19. The molecule has 1 aliphatic heterocycles. The summed E-state index contributed by atoms with van der Waals surface area (Å²) in [6, 6.07) is 23.6. The maximum atomic E-state index is 13.0. The Kier molecular flexibility index (Phi) is 4.65. The van der Waals surface area contributed by atoms with Crippen molar-refractivity contribution in [1.82, 2.24) is 9.88 Å². The van der Waals surface area contributed by atoms with Gasteiger partial charge in [0.15, 0.2) is 0 Å². The van der Waals surface area contributed by atoms with Crippen molar-refractivity contribution in [1.29, 1.82) is 0 Å². The third kappa shape index (κ3) is 3.31. The number of nitrogens with one attached hydrogen (secondary N) is 1. The molecule has 1 saturated heterocycles. The van der Waals surface area contributed by atoms with Gasteiger partial charge < -0.3 is 10.2 Å². The molecule has 1 aromatic heterocycles. The fourth-order valence-electron chi connectivity index (χ4n) is 3.53. The van der Waals surface area contributed by atoms with Gasteiger partial charge in [-0.3, -0.25) is 4.79 Å². The molecule has 4 nitrogen and oxygen atoms in total. The van der Waals surface area contributed by atoms with E-state index in [0.717, 1.165) is 42.0 Å². The first-order valence-corrected chi connectivity index (χ1v) is 8.96. The van der Waals surface area contributed by atoms with Crippen molar-refractivity contribution < 1.29 is 4.79 Å². The molecule has 1 aliphatic rings. The van der Waals surface area contributed by atoms with Crippen LogP contribution < -0.4 is 5.32 Å². The molecule has 4 rings (SSSR count). The van der Waals surface area contributed by atoms with Crippen LogP contribution in [0.3, 0.4) is 0 Å². The molecule has 0 unspecified atom stereocenters. The van der Waals surface area contributed by atoms with Crippen LogP contribution in [0.25, 0.3) is 0 Å². The molecule has 1 atom stereocenters. The van der Waals surface area contributed by atoms with Gasteiger partial charge in [-0.15, -0.1) is 0 Å². The number of benzene rings is 2. The van der Waals surface area contributed by atoms with E-state index in [9.17, 15) is 4.79 Å². The lowest BCUT2D eigenvalue weighted by molar-refractivity contribution is 0.0736. The van der Waals surface area contributed by atoms with Gasteiger partial charge in [-0.2, -0.15) is 0 Å². The van der Waals surface area contributed by atoms with E-state index in [-0.39, 0.29) is 11.9 Å². The summed E-state index contributed by atoms with van der Waals surface area (Å²) < 4.78 is 0. The summed E-state index contributed by atoms with van der Waals surface area (Å²) in [4.78, 5) is 19.5. The lowest BCUT2D eigenvalue weighted by Crippen LogP contribution is -2.31. The van der Waals surface area contributed by atoms with Crippen LogP contribution in [-0.4, -0.2) is 22.3 Å². The van der Waals surface area contributed by atoms with Gasteiger partial charge in [-0.25, -0.2) is 4.98 Å². The van der Waals surface area contributed by atoms with E-state index in [1.54, 1.807) is 6.20 Å². The van der Waals surface area contributed by atoms with Gasteiger partial charge >= 0.3 is 0 Å². The Morgan fingerprint density at radius 2 is 1.69 bits per heavy atom. The Balaban J connectivity index is 1.63. The fourth-order valence-corrected chi connectivity index (χ4v) is 3.53. The van der Waals surface area contributed by atoms with Crippen molar-refractivity contribution in [2.24, 2.45) is 0 Å². The predicted octanol–water partition coefficient (Wildman–Crippen LogP) is 4.80. The van der Waals surface area contributed by atoms with E-state index in [0.29, 0.717) is 0 Å². The standard InChI is InChI=1S/C22H21N3O/c26-22(17-9-3-1-4-10-17)25-16-8-14-20(25)19-13-7-15-23-21(19)24-18-11-5-2-6-12-18/h1-7,9-13,15,20H,8,14,16H2,(H,23,24)/t20-/m0/s1. The molecule has 0 aliphatic carbocycles. The number of likely N-dealkylation sites (tertiary alicyclic amines) is 1. The third-order valence-electron chi connectivity index (χ3n) is 4.77. The van der Waals surface area contributed by atoms with Crippen LogP contribution in [0.2, 0.25) is 0 Å². The van der Waals surface area contributed by atoms with E-state index in [1.165, 1.54) is 0 Å². The van der Waals surface area contributed by atoms with Gasteiger partial charge in [-0.05, 0) is 43.2 Å². The molecular formula is C22H21N3O. The number of para-hydroxylation sites is 1. The van der Waals surface area contributed by atoms with Gasteiger partial charge in [0, 0.05) is 29.6 Å². The number of hydrogen-bond acceptors (Lipinski definition) is 3. The number of amides is 1. The van der Waals surface area contributed by atoms with Crippen LogP contribution in [0.4, 0.5) is 11.5 Å². The number of pyridine rings is 1. The zero-order valence-corrected chi connectivity index (χ0v) is 14.5. The second-order valence-electron chi connectivity index (χ2n) is 6.45.